The highest BCUT2D eigenvalue weighted by atomic mass is 35.5. The van der Waals surface area contributed by atoms with Gasteiger partial charge in [-0.2, -0.15) is 26.3 Å². The third-order valence-corrected chi connectivity index (χ3v) is 3.14. The smallest absolute Gasteiger partial charge is 0.434 e. The van der Waals surface area contributed by atoms with Crippen molar-refractivity contribution in [1.82, 2.24) is 9.97 Å². The molecule has 0 saturated carbocycles. The minimum absolute atomic E-state index is 0.189. The molecule has 25 heavy (non-hydrogen) atoms. The number of rotatable bonds is 3. The SMILES string of the molecule is O=C(O)c1cnc(Nc2ccc(C(F)(F)F)cc2Cl)nc1C(F)(F)F. The second-order valence-electron chi connectivity index (χ2n) is 4.58. The summed E-state index contributed by atoms with van der Waals surface area (Å²) in [5, 5.41) is 10.5. The zero-order valence-electron chi connectivity index (χ0n) is 11.7. The van der Waals surface area contributed by atoms with Crippen molar-refractivity contribution in [3.8, 4) is 0 Å². The molecule has 2 aromatic rings. The van der Waals surface area contributed by atoms with Crippen LogP contribution in [0.3, 0.4) is 0 Å². The van der Waals surface area contributed by atoms with Gasteiger partial charge in [0.2, 0.25) is 5.95 Å². The van der Waals surface area contributed by atoms with Gasteiger partial charge in [-0.05, 0) is 18.2 Å². The Kier molecular flexibility index (Phi) is 4.80. The zero-order valence-corrected chi connectivity index (χ0v) is 12.5. The third-order valence-electron chi connectivity index (χ3n) is 2.83. The van der Waals surface area contributed by atoms with E-state index in [1.165, 1.54) is 0 Å². The Hall–Kier alpha value is -2.56. The normalized spacial score (nSPS) is 12.1. The van der Waals surface area contributed by atoms with Crippen LogP contribution >= 0.6 is 11.6 Å². The van der Waals surface area contributed by atoms with Crippen LogP contribution in [0.1, 0.15) is 21.6 Å². The highest BCUT2D eigenvalue weighted by Gasteiger charge is 2.38. The predicted molar refractivity (Wildman–Crippen MR) is 73.7 cm³/mol. The molecule has 0 saturated heterocycles. The van der Waals surface area contributed by atoms with Gasteiger partial charge in [-0.15, -0.1) is 0 Å². The molecule has 0 aliphatic heterocycles. The average Bonchev–Trinajstić information content (AvgIpc) is 2.47. The molecule has 0 unspecified atom stereocenters. The first-order valence-electron chi connectivity index (χ1n) is 6.21. The van der Waals surface area contributed by atoms with E-state index in [1.54, 1.807) is 0 Å². The molecular formula is C13H6ClF6N3O2. The lowest BCUT2D eigenvalue weighted by Crippen LogP contribution is -2.17. The quantitative estimate of drug-likeness (QED) is 0.755. The van der Waals surface area contributed by atoms with E-state index in [0.29, 0.717) is 18.3 Å². The number of carbonyl (C=O) groups is 1. The summed E-state index contributed by atoms with van der Waals surface area (Å²) in [6.07, 6.45) is -9.29. The molecule has 0 amide bonds. The molecular weight excluding hydrogens is 380 g/mol. The first-order valence-corrected chi connectivity index (χ1v) is 6.58. The number of aromatic carboxylic acids is 1. The summed E-state index contributed by atoms with van der Waals surface area (Å²) in [6, 6.07) is 2.11. The van der Waals surface area contributed by atoms with Crippen molar-refractivity contribution >= 4 is 29.2 Å². The Labute approximate surface area is 140 Å². The Balaban J connectivity index is 2.40. The number of hydrogen-bond acceptors (Lipinski definition) is 4. The second-order valence-corrected chi connectivity index (χ2v) is 4.98. The molecule has 0 aliphatic carbocycles. The highest BCUT2D eigenvalue weighted by molar-refractivity contribution is 6.33. The first kappa shape index (κ1) is 18.8. The maximum Gasteiger partial charge on any atom is 0.434 e. The van der Waals surface area contributed by atoms with Crippen LogP contribution < -0.4 is 5.32 Å². The molecule has 0 aliphatic rings. The summed E-state index contributed by atoms with van der Waals surface area (Å²) in [7, 11) is 0. The molecule has 0 atom stereocenters. The molecule has 0 radical (unpaired) electrons. The van der Waals surface area contributed by atoms with Gasteiger partial charge in [0.15, 0.2) is 5.69 Å². The van der Waals surface area contributed by atoms with Crippen LogP contribution in [0.2, 0.25) is 5.02 Å². The molecule has 1 heterocycles. The van der Waals surface area contributed by atoms with Crippen molar-refractivity contribution in [3.05, 3.63) is 46.2 Å². The number of benzene rings is 1. The highest BCUT2D eigenvalue weighted by Crippen LogP contribution is 2.35. The Morgan fingerprint density at radius 2 is 1.76 bits per heavy atom. The van der Waals surface area contributed by atoms with E-state index in [4.69, 9.17) is 16.7 Å². The molecule has 1 aromatic carbocycles. The van der Waals surface area contributed by atoms with E-state index >= 15 is 0 Å². The van der Waals surface area contributed by atoms with Gasteiger partial charge in [0, 0.05) is 6.20 Å². The molecule has 134 valence electrons. The van der Waals surface area contributed by atoms with E-state index in [1.807, 2.05) is 0 Å². The molecule has 0 bridgehead atoms. The lowest BCUT2D eigenvalue weighted by molar-refractivity contribution is -0.141. The number of aromatic nitrogens is 2. The van der Waals surface area contributed by atoms with E-state index in [9.17, 15) is 31.1 Å². The standard InChI is InChI=1S/C13H6ClF6N3O2/c14-7-3-5(12(15,16)17)1-2-8(7)22-11-21-4-6(10(24)25)9(23-11)13(18,19)20/h1-4H,(H,24,25)(H,21,22,23). The van der Waals surface area contributed by atoms with E-state index < -0.39 is 46.1 Å². The number of anilines is 2. The third kappa shape index (κ3) is 4.29. The lowest BCUT2D eigenvalue weighted by Gasteiger charge is -2.13. The second kappa shape index (κ2) is 6.39. The van der Waals surface area contributed by atoms with Crippen LogP contribution in [0, 0.1) is 0 Å². The van der Waals surface area contributed by atoms with Crippen LogP contribution in [0.5, 0.6) is 0 Å². The number of carboxylic acid groups (broad SMARTS) is 1. The number of carboxylic acids is 1. The molecule has 5 nitrogen and oxygen atoms in total. The fourth-order valence-corrected chi connectivity index (χ4v) is 1.96. The van der Waals surface area contributed by atoms with Crippen LogP contribution in [-0.2, 0) is 12.4 Å². The Morgan fingerprint density at radius 1 is 1.12 bits per heavy atom. The van der Waals surface area contributed by atoms with Crippen LogP contribution in [-0.4, -0.2) is 21.0 Å². The number of nitrogens with zero attached hydrogens (tertiary/aromatic N) is 2. The average molecular weight is 386 g/mol. The van der Waals surface area contributed by atoms with Crippen molar-refractivity contribution in [2.45, 2.75) is 12.4 Å². The maximum absolute atomic E-state index is 12.9. The van der Waals surface area contributed by atoms with Gasteiger partial charge in [0.1, 0.15) is 5.56 Å². The minimum Gasteiger partial charge on any atom is -0.478 e. The predicted octanol–water partition coefficient (Wildman–Crippen LogP) is 4.61. The van der Waals surface area contributed by atoms with Crippen LogP contribution in [0.25, 0.3) is 0 Å². The first-order chi connectivity index (χ1) is 11.4. The van der Waals surface area contributed by atoms with Gasteiger partial charge in [-0.1, -0.05) is 11.6 Å². The van der Waals surface area contributed by atoms with Crippen molar-refractivity contribution < 1.29 is 36.2 Å². The minimum atomic E-state index is -5.07. The fourth-order valence-electron chi connectivity index (χ4n) is 1.73. The molecule has 12 heteroatoms. The molecule has 1 aromatic heterocycles. The monoisotopic (exact) mass is 385 g/mol. The Bertz CT molecular complexity index is 822. The number of nitrogens with one attached hydrogen (secondary N) is 1. The van der Waals surface area contributed by atoms with Gasteiger partial charge in [-0.3, -0.25) is 0 Å². The van der Waals surface area contributed by atoms with Crippen molar-refractivity contribution in [2.75, 3.05) is 5.32 Å². The number of alkyl halides is 6. The molecule has 2 N–H and O–H groups in total. The van der Waals surface area contributed by atoms with Crippen molar-refractivity contribution in [1.29, 1.82) is 0 Å². The molecule has 0 fully saturated rings. The van der Waals surface area contributed by atoms with Gasteiger partial charge in [0.25, 0.3) is 0 Å². The summed E-state index contributed by atoms with van der Waals surface area (Å²) in [6.45, 7) is 0. The van der Waals surface area contributed by atoms with Crippen molar-refractivity contribution in [2.24, 2.45) is 0 Å². The largest absolute Gasteiger partial charge is 0.478 e. The van der Waals surface area contributed by atoms with E-state index in [-0.39, 0.29) is 5.69 Å². The summed E-state index contributed by atoms with van der Waals surface area (Å²) in [5.74, 6) is -2.56. The maximum atomic E-state index is 12.9. The van der Waals surface area contributed by atoms with Crippen LogP contribution in [0.4, 0.5) is 38.0 Å². The van der Waals surface area contributed by atoms with Crippen molar-refractivity contribution in [3.63, 3.8) is 0 Å². The number of halogens is 7. The summed E-state index contributed by atoms with van der Waals surface area (Å²) >= 11 is 5.66. The fraction of sp³-hybridized carbons (Fsp3) is 0.154. The molecule has 2 rings (SSSR count). The topological polar surface area (TPSA) is 75.1 Å². The zero-order chi connectivity index (χ0) is 19.0. The number of hydrogen-bond donors (Lipinski definition) is 2. The molecule has 0 spiro atoms. The van der Waals surface area contributed by atoms with E-state index in [2.05, 4.69) is 15.3 Å². The lowest BCUT2D eigenvalue weighted by atomic mass is 10.2. The summed E-state index contributed by atoms with van der Waals surface area (Å²) < 4.78 is 76.2. The van der Waals surface area contributed by atoms with E-state index in [0.717, 1.165) is 6.07 Å². The van der Waals surface area contributed by atoms with Gasteiger partial charge in [-0.25, -0.2) is 14.8 Å². The van der Waals surface area contributed by atoms with Crippen LogP contribution in [0.15, 0.2) is 24.4 Å². The summed E-state index contributed by atoms with van der Waals surface area (Å²) in [5.41, 5.74) is -4.12. The van der Waals surface area contributed by atoms with Gasteiger partial charge < -0.3 is 10.4 Å². The Morgan fingerprint density at radius 3 is 2.24 bits per heavy atom. The summed E-state index contributed by atoms with van der Waals surface area (Å²) in [4.78, 5) is 17.3. The van der Waals surface area contributed by atoms with Gasteiger partial charge >= 0.3 is 18.3 Å². The van der Waals surface area contributed by atoms with Gasteiger partial charge in [0.05, 0.1) is 16.3 Å².